The van der Waals surface area contributed by atoms with Crippen molar-refractivity contribution in [3.05, 3.63) is 100 Å². The molecule has 0 saturated carbocycles. The van der Waals surface area contributed by atoms with E-state index in [2.05, 4.69) is 5.32 Å². The number of rotatable bonds is 5. The van der Waals surface area contributed by atoms with Gasteiger partial charge in [0.15, 0.2) is 0 Å². The number of nitro groups is 1. The number of allylic oxidation sites excluding steroid dienone is 2. The van der Waals surface area contributed by atoms with Crippen LogP contribution in [0.5, 0.6) is 0 Å². The van der Waals surface area contributed by atoms with Crippen molar-refractivity contribution in [1.82, 2.24) is 0 Å². The quantitative estimate of drug-likeness (QED) is 0.228. The number of amides is 3. The van der Waals surface area contributed by atoms with E-state index in [0.717, 1.165) is 16.7 Å². The Kier molecular flexibility index (Phi) is 5.93. The van der Waals surface area contributed by atoms with Gasteiger partial charge in [0.25, 0.3) is 11.6 Å². The first-order chi connectivity index (χ1) is 17.3. The molecule has 3 amide bonds. The number of carbonyl (C=O) groups excluding carboxylic acids is 3. The Morgan fingerprint density at radius 3 is 2.19 bits per heavy atom. The molecule has 36 heavy (non-hydrogen) atoms. The zero-order chi connectivity index (χ0) is 25.4. The highest BCUT2D eigenvalue weighted by Gasteiger charge is 2.49. The summed E-state index contributed by atoms with van der Waals surface area (Å²) in [5, 5.41) is 13.7. The topological polar surface area (TPSA) is 110 Å². The Hall–Kier alpha value is -4.59. The Morgan fingerprint density at radius 2 is 1.53 bits per heavy atom. The summed E-state index contributed by atoms with van der Waals surface area (Å²) in [6.07, 6.45) is 3.10. The van der Waals surface area contributed by atoms with Crippen LogP contribution in [0.4, 0.5) is 17.1 Å². The van der Waals surface area contributed by atoms with Crippen LogP contribution in [-0.2, 0) is 9.59 Å². The molecule has 0 radical (unpaired) electrons. The summed E-state index contributed by atoms with van der Waals surface area (Å²) in [5.41, 5.74) is 3.82. The van der Waals surface area contributed by atoms with Crippen LogP contribution < -0.4 is 10.2 Å². The molecule has 1 saturated heterocycles. The highest BCUT2D eigenvalue weighted by atomic mass is 16.6. The minimum absolute atomic E-state index is 0.0157. The van der Waals surface area contributed by atoms with Gasteiger partial charge in [0, 0.05) is 17.8 Å². The number of nitrogens with zero attached hydrogens (tertiary/aromatic N) is 2. The largest absolute Gasteiger partial charge is 0.322 e. The number of fused-ring (bicyclic) bond motifs is 1. The van der Waals surface area contributed by atoms with Gasteiger partial charge in [-0.3, -0.25) is 24.5 Å². The molecule has 5 rings (SSSR count). The summed E-state index contributed by atoms with van der Waals surface area (Å²) >= 11 is 0. The maximum absolute atomic E-state index is 13.2. The van der Waals surface area contributed by atoms with Crippen LogP contribution in [0, 0.1) is 22.0 Å². The highest BCUT2D eigenvalue weighted by Crippen LogP contribution is 2.40. The molecule has 0 spiro atoms. The number of nitrogens with one attached hydrogen (secondary N) is 1. The van der Waals surface area contributed by atoms with Crippen molar-refractivity contribution < 1.29 is 19.3 Å². The second-order valence-corrected chi connectivity index (χ2v) is 9.07. The van der Waals surface area contributed by atoms with Crippen LogP contribution in [0.3, 0.4) is 0 Å². The predicted octanol–water partition coefficient (Wildman–Crippen LogP) is 5.36. The molecule has 2 atom stereocenters. The average Bonchev–Trinajstić information content (AvgIpc) is 3.13. The normalized spacial score (nSPS) is 19.0. The molecule has 3 aromatic rings. The van der Waals surface area contributed by atoms with E-state index in [0.29, 0.717) is 24.2 Å². The summed E-state index contributed by atoms with van der Waals surface area (Å²) in [6.45, 7) is 1.96. The van der Waals surface area contributed by atoms with Crippen molar-refractivity contribution in [2.75, 3.05) is 10.2 Å². The van der Waals surface area contributed by atoms with Crippen LogP contribution in [0.15, 0.2) is 84.4 Å². The summed E-state index contributed by atoms with van der Waals surface area (Å²) in [6, 6.07) is 19.9. The van der Waals surface area contributed by atoms with Gasteiger partial charge in [0.2, 0.25) is 11.8 Å². The molecule has 1 aliphatic heterocycles. The molecule has 3 aromatic carbocycles. The third-order valence-electron chi connectivity index (χ3n) is 6.77. The van der Waals surface area contributed by atoms with Crippen molar-refractivity contribution >= 4 is 34.8 Å². The number of carbonyl (C=O) groups is 3. The fourth-order valence-corrected chi connectivity index (χ4v) is 4.86. The molecule has 1 heterocycles. The zero-order valence-electron chi connectivity index (χ0n) is 19.5. The molecular formula is C28H23N3O5. The first kappa shape index (κ1) is 23.2. The first-order valence-corrected chi connectivity index (χ1v) is 11.6. The number of imide groups is 1. The Morgan fingerprint density at radius 1 is 0.917 bits per heavy atom. The van der Waals surface area contributed by atoms with E-state index in [1.165, 1.54) is 17.0 Å². The maximum Gasteiger partial charge on any atom is 0.269 e. The number of para-hydroxylation sites is 1. The lowest BCUT2D eigenvalue weighted by Gasteiger charge is -2.19. The van der Waals surface area contributed by atoms with Gasteiger partial charge in [0.1, 0.15) is 0 Å². The van der Waals surface area contributed by atoms with Crippen LogP contribution in [0.1, 0.15) is 30.1 Å². The van der Waals surface area contributed by atoms with E-state index in [4.69, 9.17) is 0 Å². The van der Waals surface area contributed by atoms with E-state index in [9.17, 15) is 24.5 Å². The summed E-state index contributed by atoms with van der Waals surface area (Å²) in [5.74, 6) is -1.72. The van der Waals surface area contributed by atoms with Gasteiger partial charge in [-0.25, -0.2) is 4.90 Å². The lowest BCUT2D eigenvalue weighted by molar-refractivity contribution is -0.384. The Bertz CT molecular complexity index is 1410. The van der Waals surface area contributed by atoms with Crippen LogP contribution in [-0.4, -0.2) is 22.6 Å². The molecule has 1 N–H and O–H groups in total. The smallest absolute Gasteiger partial charge is 0.269 e. The van der Waals surface area contributed by atoms with Gasteiger partial charge >= 0.3 is 0 Å². The van der Waals surface area contributed by atoms with Crippen LogP contribution in [0.2, 0.25) is 0 Å². The third-order valence-corrected chi connectivity index (χ3v) is 6.77. The average molecular weight is 482 g/mol. The molecular weight excluding hydrogens is 458 g/mol. The summed E-state index contributed by atoms with van der Waals surface area (Å²) in [7, 11) is 0. The molecule has 180 valence electrons. The van der Waals surface area contributed by atoms with Crippen LogP contribution in [0.25, 0.3) is 11.1 Å². The van der Waals surface area contributed by atoms with E-state index < -0.39 is 10.8 Å². The molecule has 2 aliphatic rings. The van der Waals surface area contributed by atoms with Gasteiger partial charge in [-0.15, -0.1) is 0 Å². The molecule has 8 nitrogen and oxygen atoms in total. The Balaban J connectivity index is 1.35. The highest BCUT2D eigenvalue weighted by molar-refractivity contribution is 6.25. The van der Waals surface area contributed by atoms with E-state index >= 15 is 0 Å². The van der Waals surface area contributed by atoms with Gasteiger partial charge in [-0.1, -0.05) is 35.9 Å². The second-order valence-electron chi connectivity index (χ2n) is 9.07. The lowest BCUT2D eigenvalue weighted by Crippen LogP contribution is -2.33. The predicted molar refractivity (Wildman–Crippen MR) is 135 cm³/mol. The first-order valence-electron chi connectivity index (χ1n) is 11.6. The van der Waals surface area contributed by atoms with Gasteiger partial charge < -0.3 is 5.32 Å². The number of anilines is 2. The second kappa shape index (κ2) is 9.22. The van der Waals surface area contributed by atoms with E-state index in [1.54, 1.807) is 60.7 Å². The van der Waals surface area contributed by atoms with Crippen LogP contribution >= 0.6 is 0 Å². The number of non-ortho nitro benzene ring substituents is 1. The SMILES string of the molecule is CC1=CC[C@@H]2C(=O)N(c3ccccc3C(=O)Nc3ccc(-c4ccc([N+](=O)[O-])cc4)cc3)C(=O)[C@H]2C1. The van der Waals surface area contributed by atoms with Crippen molar-refractivity contribution in [2.45, 2.75) is 19.8 Å². The Labute approximate surface area is 207 Å². The van der Waals surface area contributed by atoms with E-state index in [-0.39, 0.29) is 34.9 Å². The number of benzene rings is 3. The molecule has 1 aliphatic carbocycles. The fourth-order valence-electron chi connectivity index (χ4n) is 4.86. The number of hydrogen-bond donors (Lipinski definition) is 1. The minimum Gasteiger partial charge on any atom is -0.322 e. The monoisotopic (exact) mass is 481 g/mol. The van der Waals surface area contributed by atoms with Gasteiger partial charge in [-0.05, 0) is 67.3 Å². The van der Waals surface area contributed by atoms with Gasteiger partial charge in [0.05, 0.1) is 28.0 Å². The zero-order valence-corrected chi connectivity index (χ0v) is 19.5. The molecule has 8 heteroatoms. The molecule has 0 bridgehead atoms. The van der Waals surface area contributed by atoms with Crippen molar-refractivity contribution in [3.8, 4) is 11.1 Å². The third kappa shape index (κ3) is 4.17. The summed E-state index contributed by atoms with van der Waals surface area (Å²) in [4.78, 5) is 51.1. The lowest BCUT2D eigenvalue weighted by atomic mass is 9.82. The number of hydrogen-bond acceptors (Lipinski definition) is 5. The summed E-state index contributed by atoms with van der Waals surface area (Å²) < 4.78 is 0. The maximum atomic E-state index is 13.2. The van der Waals surface area contributed by atoms with Crippen molar-refractivity contribution in [1.29, 1.82) is 0 Å². The molecule has 0 aromatic heterocycles. The van der Waals surface area contributed by atoms with Gasteiger partial charge in [-0.2, -0.15) is 0 Å². The fraction of sp³-hybridized carbons (Fsp3) is 0.179. The standard InChI is InChI=1S/C28H23N3O5/c1-17-6-15-22-24(16-17)28(34)30(27(22)33)25-5-3-2-4-23(25)26(32)29-20-11-7-18(8-12-20)19-9-13-21(14-10-19)31(35)36/h2-14,22,24H,15-16H2,1H3,(H,29,32)/t22-,24-/m0/s1. The molecule has 1 fully saturated rings. The van der Waals surface area contributed by atoms with E-state index in [1.807, 2.05) is 13.0 Å². The molecule has 0 unspecified atom stereocenters. The minimum atomic E-state index is -0.449. The van der Waals surface area contributed by atoms with Crippen molar-refractivity contribution in [2.24, 2.45) is 11.8 Å². The van der Waals surface area contributed by atoms with Crippen molar-refractivity contribution in [3.63, 3.8) is 0 Å². The number of nitro benzene ring substituents is 1.